The summed E-state index contributed by atoms with van der Waals surface area (Å²) in [6.45, 7) is 3.50. The van der Waals surface area contributed by atoms with Gasteiger partial charge < -0.3 is 50.5 Å². The Morgan fingerprint density at radius 1 is 0.382 bits per heavy atom. The molecule has 0 saturated carbocycles. The molecule has 0 aromatic heterocycles. The minimum atomic E-state index is -1.67. The Bertz CT molecular complexity index is 1540. The van der Waals surface area contributed by atoms with Crippen LogP contribution < -0.4 is 5.32 Å². The molecule has 1 aliphatic rings. The predicted octanol–water partition coefficient (Wildman–Crippen LogP) is 19.7. The Balaban J connectivity index is 2.18. The zero-order valence-corrected chi connectivity index (χ0v) is 58.4. The molecule has 1 saturated heterocycles. The highest BCUT2D eigenvalue weighted by molar-refractivity contribution is 5.80. The van der Waals surface area contributed by atoms with E-state index in [1.807, 2.05) is 0 Å². The molecule has 1 aliphatic heterocycles. The number of hydrogen-bond acceptors (Lipinski definition) is 10. The van der Waals surface area contributed by atoms with Crippen molar-refractivity contribution in [1.29, 1.82) is 0 Å². The minimum Gasteiger partial charge on any atom is -0.394 e. The molecule has 0 bridgehead atoms. The largest absolute Gasteiger partial charge is 0.394 e. The van der Waals surface area contributed by atoms with Crippen LogP contribution in [0.25, 0.3) is 0 Å². The lowest BCUT2D eigenvalue weighted by Crippen LogP contribution is -2.60. The van der Waals surface area contributed by atoms with Crippen molar-refractivity contribution in [3.8, 4) is 0 Å². The summed E-state index contributed by atoms with van der Waals surface area (Å²) < 4.78 is 11.2. The van der Waals surface area contributed by atoms with Crippen LogP contribution in [0.3, 0.4) is 0 Å². The van der Waals surface area contributed by atoms with Gasteiger partial charge in [-0.1, -0.05) is 346 Å². The van der Waals surface area contributed by atoms with Crippen LogP contribution in [0.5, 0.6) is 0 Å². The highest BCUT2D eigenvalue weighted by atomic mass is 16.7. The highest BCUT2D eigenvalue weighted by Crippen LogP contribution is 2.24. The second-order valence-electron chi connectivity index (χ2n) is 27.4. The average Bonchev–Trinajstić information content (AvgIpc) is 3.50. The molecule has 89 heavy (non-hydrogen) atoms. The van der Waals surface area contributed by atoms with Crippen molar-refractivity contribution < 1.29 is 50.0 Å². The smallest absolute Gasteiger partial charge is 0.249 e. The van der Waals surface area contributed by atoms with Gasteiger partial charge in [-0.3, -0.25) is 4.79 Å². The maximum atomic E-state index is 13.3. The van der Waals surface area contributed by atoms with Crippen LogP contribution in [0.1, 0.15) is 386 Å². The van der Waals surface area contributed by atoms with E-state index in [0.29, 0.717) is 19.3 Å². The number of unbranched alkanes of at least 4 members (excludes halogenated alkanes) is 51. The fourth-order valence-corrected chi connectivity index (χ4v) is 12.7. The van der Waals surface area contributed by atoms with Gasteiger partial charge in [-0.2, -0.15) is 0 Å². The number of allylic oxidation sites excluding steroid dienone is 6. The van der Waals surface area contributed by atoms with E-state index in [1.165, 1.54) is 302 Å². The standard InChI is InChI=1S/C78H149NO10/c1-3-5-7-9-11-13-15-17-19-21-23-25-27-29-31-33-35-37-39-41-43-45-47-49-51-53-55-57-59-61-63-65-70(81)73(83)69(68-88-78-76(86)75(85)74(84)72(67-80)89-78)79-77(87)71(82)66-64-62-60-58-56-54-52-50-48-46-44-42-40-38-36-34-32-30-28-26-24-22-20-18-16-14-12-10-8-6-4-2/h30,32,49,51,57,59,69-76,78,80-86H,3-29,31,33-48,50,52-56,58,60-68H2,1-2H3,(H,79,87)/b32-30-,51-49+,59-57+. The van der Waals surface area contributed by atoms with Crippen molar-refractivity contribution >= 4 is 5.91 Å². The number of amides is 1. The quantitative estimate of drug-likeness (QED) is 0.0215. The molecule has 0 aliphatic carbocycles. The van der Waals surface area contributed by atoms with E-state index < -0.39 is 74.2 Å². The van der Waals surface area contributed by atoms with Gasteiger partial charge >= 0.3 is 0 Å². The van der Waals surface area contributed by atoms with E-state index in [9.17, 15) is 40.5 Å². The van der Waals surface area contributed by atoms with Crippen molar-refractivity contribution in [3.05, 3.63) is 36.5 Å². The summed E-state index contributed by atoms with van der Waals surface area (Å²) in [4.78, 5) is 13.3. The molecule has 0 radical (unpaired) electrons. The molecule has 11 heteroatoms. The van der Waals surface area contributed by atoms with Crippen LogP contribution in [-0.4, -0.2) is 110 Å². The van der Waals surface area contributed by atoms with Crippen LogP contribution in [0.4, 0.5) is 0 Å². The first-order valence-corrected chi connectivity index (χ1v) is 38.9. The molecule has 0 spiro atoms. The zero-order valence-electron chi connectivity index (χ0n) is 58.4. The van der Waals surface area contributed by atoms with Crippen molar-refractivity contribution in [2.75, 3.05) is 13.2 Å². The molecule has 1 amide bonds. The first-order valence-electron chi connectivity index (χ1n) is 38.9. The lowest BCUT2D eigenvalue weighted by molar-refractivity contribution is -0.303. The summed E-state index contributed by atoms with van der Waals surface area (Å²) in [6, 6.07) is -1.19. The predicted molar refractivity (Wildman–Crippen MR) is 376 cm³/mol. The molecular weight excluding hydrogens is 1110 g/mol. The molecule has 0 aromatic carbocycles. The van der Waals surface area contributed by atoms with Gasteiger partial charge in [0.15, 0.2) is 6.29 Å². The number of hydrogen-bond donors (Lipinski definition) is 8. The zero-order chi connectivity index (χ0) is 64.6. The van der Waals surface area contributed by atoms with E-state index >= 15 is 0 Å². The summed E-state index contributed by atoms with van der Waals surface area (Å²) in [6.07, 6.45) is 75.5. The summed E-state index contributed by atoms with van der Waals surface area (Å²) >= 11 is 0. The first kappa shape index (κ1) is 85.3. The van der Waals surface area contributed by atoms with E-state index in [0.717, 1.165) is 38.5 Å². The summed E-state index contributed by atoms with van der Waals surface area (Å²) in [5.74, 6) is -0.704. The molecular formula is C78H149NO10. The molecule has 1 rings (SSSR count). The molecule has 1 fully saturated rings. The van der Waals surface area contributed by atoms with Gasteiger partial charge in [0, 0.05) is 0 Å². The Labute approximate surface area is 549 Å². The fraction of sp³-hybridized carbons (Fsp3) is 0.910. The van der Waals surface area contributed by atoms with E-state index in [2.05, 4.69) is 55.6 Å². The summed E-state index contributed by atoms with van der Waals surface area (Å²) in [5.41, 5.74) is 0. The summed E-state index contributed by atoms with van der Waals surface area (Å²) in [5, 5.41) is 76.6. The molecule has 9 atom stereocenters. The molecule has 9 unspecified atom stereocenters. The second kappa shape index (κ2) is 66.4. The van der Waals surface area contributed by atoms with Gasteiger partial charge in [-0.15, -0.1) is 0 Å². The third-order valence-corrected chi connectivity index (χ3v) is 18.9. The normalized spacial score (nSPS) is 18.7. The van der Waals surface area contributed by atoms with Gasteiger partial charge in [0.1, 0.15) is 36.6 Å². The van der Waals surface area contributed by atoms with E-state index in [4.69, 9.17) is 9.47 Å². The van der Waals surface area contributed by atoms with Crippen molar-refractivity contribution in [1.82, 2.24) is 5.32 Å². The lowest BCUT2D eigenvalue weighted by Gasteiger charge is -2.40. The number of aliphatic hydroxyl groups is 7. The van der Waals surface area contributed by atoms with Crippen LogP contribution >= 0.6 is 0 Å². The maximum Gasteiger partial charge on any atom is 0.249 e. The molecule has 8 N–H and O–H groups in total. The van der Waals surface area contributed by atoms with E-state index in [1.54, 1.807) is 0 Å². The molecule has 0 aromatic rings. The average molecular weight is 1260 g/mol. The van der Waals surface area contributed by atoms with Crippen LogP contribution in [0.2, 0.25) is 0 Å². The molecule has 1 heterocycles. The maximum absolute atomic E-state index is 13.3. The van der Waals surface area contributed by atoms with Crippen LogP contribution in [0, 0.1) is 0 Å². The van der Waals surface area contributed by atoms with E-state index in [-0.39, 0.29) is 12.8 Å². The fourth-order valence-electron chi connectivity index (χ4n) is 12.7. The van der Waals surface area contributed by atoms with Gasteiger partial charge in [0.05, 0.1) is 25.4 Å². The van der Waals surface area contributed by atoms with Gasteiger partial charge in [0.25, 0.3) is 0 Å². The Kier molecular flexibility index (Phi) is 63.6. The number of nitrogens with one attached hydrogen (secondary N) is 1. The topological polar surface area (TPSA) is 189 Å². The Morgan fingerprint density at radius 3 is 1.00 bits per heavy atom. The summed E-state index contributed by atoms with van der Waals surface area (Å²) in [7, 11) is 0. The lowest BCUT2D eigenvalue weighted by atomic mass is 9.98. The number of carbonyl (C=O) groups is 1. The SMILES string of the molecule is CCCCCCCCCCCCCC/C=C\CCCCCCCCCCCCCCCCCC(O)C(=O)NC(COC1OC(CO)C(O)C(O)C1O)C(O)C(O)CCC/C=C/CC/C=C/CCCCCCCCCCCCCCCCCCCCCCCC. The molecule has 11 nitrogen and oxygen atoms in total. The second-order valence-corrected chi connectivity index (χ2v) is 27.4. The minimum absolute atomic E-state index is 0.248. The van der Waals surface area contributed by atoms with Gasteiger partial charge in [-0.25, -0.2) is 0 Å². The van der Waals surface area contributed by atoms with Crippen molar-refractivity contribution in [2.45, 2.75) is 441 Å². The van der Waals surface area contributed by atoms with Crippen LogP contribution in [-0.2, 0) is 14.3 Å². The van der Waals surface area contributed by atoms with Crippen LogP contribution in [0.15, 0.2) is 36.5 Å². The third kappa shape index (κ3) is 53.3. The Hall–Kier alpha value is -1.67. The van der Waals surface area contributed by atoms with Gasteiger partial charge in [0.2, 0.25) is 5.91 Å². The first-order chi connectivity index (χ1) is 43.7. The van der Waals surface area contributed by atoms with Crippen molar-refractivity contribution in [3.63, 3.8) is 0 Å². The number of carbonyl (C=O) groups excluding carboxylic acids is 1. The third-order valence-electron chi connectivity index (χ3n) is 18.9. The van der Waals surface area contributed by atoms with Gasteiger partial charge in [-0.05, 0) is 77.0 Å². The Morgan fingerprint density at radius 2 is 0.674 bits per heavy atom. The highest BCUT2D eigenvalue weighted by Gasteiger charge is 2.44. The monoisotopic (exact) mass is 1260 g/mol. The molecule has 526 valence electrons. The number of ether oxygens (including phenoxy) is 2. The number of aliphatic hydroxyl groups excluding tert-OH is 7. The number of rotatable bonds is 69. The van der Waals surface area contributed by atoms with Crippen molar-refractivity contribution in [2.24, 2.45) is 0 Å².